The minimum atomic E-state index is -4.47. The lowest BCUT2D eigenvalue weighted by Gasteiger charge is -2.11. The Hall–Kier alpha value is -1.46. The molecule has 0 radical (unpaired) electrons. The maximum atomic E-state index is 12.3. The van der Waals surface area contributed by atoms with E-state index in [1.165, 1.54) is 7.11 Å². The third-order valence-corrected chi connectivity index (χ3v) is 1.54. The Morgan fingerprint density at radius 1 is 1.14 bits per heavy atom. The van der Waals surface area contributed by atoms with Crippen molar-refractivity contribution >= 4 is 0 Å². The van der Waals surface area contributed by atoms with Crippen molar-refractivity contribution < 1.29 is 22.6 Å². The van der Waals surface area contributed by atoms with E-state index in [2.05, 4.69) is 14.5 Å². The highest BCUT2D eigenvalue weighted by atomic mass is 19.4. The van der Waals surface area contributed by atoms with Gasteiger partial charge in [-0.15, -0.1) is 0 Å². The fraction of sp³-hybridized carbons (Fsp3) is 0.375. The van der Waals surface area contributed by atoms with Gasteiger partial charge < -0.3 is 9.47 Å². The van der Waals surface area contributed by atoms with Crippen molar-refractivity contribution in [2.75, 3.05) is 14.2 Å². The average molecular weight is 207 g/mol. The maximum Gasteiger partial charge on any atom is 0.421 e. The number of rotatable bonds is 2. The molecule has 1 aromatic heterocycles. The molecule has 0 N–H and O–H groups in total. The SMILES string of the molecule is COc1ccc(C(F)(F)F)c(OC)n1. The molecule has 0 saturated heterocycles. The zero-order valence-corrected chi connectivity index (χ0v) is 7.55. The van der Waals surface area contributed by atoms with E-state index in [9.17, 15) is 13.2 Å². The van der Waals surface area contributed by atoms with Crippen LogP contribution in [0.5, 0.6) is 11.8 Å². The molecule has 0 aliphatic heterocycles. The second-order valence-corrected chi connectivity index (χ2v) is 2.41. The minimum absolute atomic E-state index is 0.0786. The lowest BCUT2D eigenvalue weighted by Crippen LogP contribution is -2.08. The fourth-order valence-corrected chi connectivity index (χ4v) is 0.909. The Labute approximate surface area is 78.5 Å². The molecule has 78 valence electrons. The smallest absolute Gasteiger partial charge is 0.421 e. The molecule has 0 aliphatic rings. The molecule has 1 aromatic rings. The van der Waals surface area contributed by atoms with Crippen LogP contribution in [0.25, 0.3) is 0 Å². The summed E-state index contributed by atoms with van der Waals surface area (Å²) in [6.07, 6.45) is -4.47. The van der Waals surface area contributed by atoms with E-state index in [-0.39, 0.29) is 5.88 Å². The van der Waals surface area contributed by atoms with Gasteiger partial charge in [-0.2, -0.15) is 18.2 Å². The first-order chi connectivity index (χ1) is 6.49. The number of ether oxygens (including phenoxy) is 2. The number of hydrogen-bond donors (Lipinski definition) is 0. The molecule has 1 heterocycles. The number of halogens is 3. The molecule has 0 fully saturated rings. The van der Waals surface area contributed by atoms with E-state index >= 15 is 0 Å². The first-order valence-electron chi connectivity index (χ1n) is 3.65. The van der Waals surface area contributed by atoms with Crippen LogP contribution < -0.4 is 9.47 Å². The molecule has 0 aromatic carbocycles. The van der Waals surface area contributed by atoms with Crippen LogP contribution in [0.2, 0.25) is 0 Å². The largest absolute Gasteiger partial charge is 0.481 e. The molecule has 0 atom stereocenters. The molecule has 6 heteroatoms. The number of pyridine rings is 1. The molecular weight excluding hydrogens is 199 g/mol. The first kappa shape index (κ1) is 10.6. The quantitative estimate of drug-likeness (QED) is 0.744. The fourth-order valence-electron chi connectivity index (χ4n) is 0.909. The lowest BCUT2D eigenvalue weighted by molar-refractivity contribution is -0.139. The third-order valence-electron chi connectivity index (χ3n) is 1.54. The van der Waals surface area contributed by atoms with Gasteiger partial charge in [0.05, 0.1) is 14.2 Å². The van der Waals surface area contributed by atoms with Gasteiger partial charge >= 0.3 is 6.18 Å². The van der Waals surface area contributed by atoms with Gasteiger partial charge in [0.15, 0.2) is 0 Å². The van der Waals surface area contributed by atoms with Gasteiger partial charge in [0.25, 0.3) is 0 Å². The van der Waals surface area contributed by atoms with Crippen LogP contribution in [0.3, 0.4) is 0 Å². The highest BCUT2D eigenvalue weighted by Gasteiger charge is 2.35. The van der Waals surface area contributed by atoms with Crippen LogP contribution in [0.1, 0.15) is 5.56 Å². The summed E-state index contributed by atoms with van der Waals surface area (Å²) in [4.78, 5) is 3.51. The molecule has 0 amide bonds. The van der Waals surface area contributed by atoms with E-state index in [0.717, 1.165) is 19.2 Å². The number of hydrogen-bond acceptors (Lipinski definition) is 3. The van der Waals surface area contributed by atoms with Gasteiger partial charge in [-0.25, -0.2) is 0 Å². The normalized spacial score (nSPS) is 11.2. The van der Waals surface area contributed by atoms with Crippen LogP contribution in [0, 0.1) is 0 Å². The lowest BCUT2D eigenvalue weighted by atomic mass is 10.2. The molecule has 0 spiro atoms. The van der Waals surface area contributed by atoms with Crippen molar-refractivity contribution in [1.82, 2.24) is 4.98 Å². The Bertz CT molecular complexity index is 325. The molecule has 3 nitrogen and oxygen atoms in total. The molecule has 0 bridgehead atoms. The molecular formula is C8H8F3NO2. The Morgan fingerprint density at radius 3 is 2.21 bits per heavy atom. The van der Waals surface area contributed by atoms with Crippen molar-refractivity contribution in [3.8, 4) is 11.8 Å². The summed E-state index contributed by atoms with van der Waals surface area (Å²) >= 11 is 0. The highest BCUT2D eigenvalue weighted by molar-refractivity contribution is 5.32. The average Bonchev–Trinajstić information content (AvgIpc) is 2.15. The second kappa shape index (κ2) is 3.73. The Kier molecular flexibility index (Phi) is 2.83. The summed E-state index contributed by atoms with van der Waals surface area (Å²) in [7, 11) is 2.44. The highest BCUT2D eigenvalue weighted by Crippen LogP contribution is 2.35. The summed E-state index contributed by atoms with van der Waals surface area (Å²) in [5, 5.41) is 0. The van der Waals surface area contributed by atoms with E-state index in [0.29, 0.717) is 0 Å². The van der Waals surface area contributed by atoms with Gasteiger partial charge in [-0.1, -0.05) is 0 Å². The van der Waals surface area contributed by atoms with Crippen LogP contribution in [-0.4, -0.2) is 19.2 Å². The number of aromatic nitrogens is 1. The summed E-state index contributed by atoms with van der Waals surface area (Å²) in [6.45, 7) is 0. The third kappa shape index (κ3) is 2.07. The van der Waals surface area contributed by atoms with Gasteiger partial charge in [0.1, 0.15) is 5.56 Å². The van der Waals surface area contributed by atoms with Crippen LogP contribution in [0.15, 0.2) is 12.1 Å². The molecule has 1 rings (SSSR count). The summed E-state index contributed by atoms with van der Waals surface area (Å²) in [5.74, 6) is -0.410. The summed E-state index contributed by atoms with van der Waals surface area (Å²) in [6, 6.07) is 2.00. The topological polar surface area (TPSA) is 31.4 Å². The standard InChI is InChI=1S/C8H8F3NO2/c1-13-6-4-3-5(8(9,10)11)7(12-6)14-2/h3-4H,1-2H3. The van der Waals surface area contributed by atoms with Crippen molar-refractivity contribution in [3.05, 3.63) is 17.7 Å². The zero-order valence-electron chi connectivity index (χ0n) is 7.55. The van der Waals surface area contributed by atoms with Gasteiger partial charge in [-0.3, -0.25) is 0 Å². The van der Waals surface area contributed by atoms with Gasteiger partial charge in [0.2, 0.25) is 11.8 Å². The van der Waals surface area contributed by atoms with Crippen LogP contribution >= 0.6 is 0 Å². The first-order valence-corrected chi connectivity index (χ1v) is 3.65. The minimum Gasteiger partial charge on any atom is -0.481 e. The predicted octanol–water partition coefficient (Wildman–Crippen LogP) is 2.12. The van der Waals surface area contributed by atoms with Gasteiger partial charge in [0, 0.05) is 6.07 Å². The van der Waals surface area contributed by atoms with E-state index in [1.807, 2.05) is 0 Å². The predicted molar refractivity (Wildman–Crippen MR) is 42.3 cm³/mol. The second-order valence-electron chi connectivity index (χ2n) is 2.41. The van der Waals surface area contributed by atoms with Crippen molar-refractivity contribution in [2.45, 2.75) is 6.18 Å². The van der Waals surface area contributed by atoms with E-state index in [4.69, 9.17) is 0 Å². The van der Waals surface area contributed by atoms with Crippen molar-refractivity contribution in [1.29, 1.82) is 0 Å². The molecule has 0 unspecified atom stereocenters. The van der Waals surface area contributed by atoms with Crippen LogP contribution in [0.4, 0.5) is 13.2 Å². The zero-order chi connectivity index (χ0) is 10.8. The maximum absolute atomic E-state index is 12.3. The Morgan fingerprint density at radius 2 is 1.79 bits per heavy atom. The molecule has 14 heavy (non-hydrogen) atoms. The van der Waals surface area contributed by atoms with Crippen molar-refractivity contribution in [3.63, 3.8) is 0 Å². The molecule has 0 saturated carbocycles. The van der Waals surface area contributed by atoms with Crippen molar-refractivity contribution in [2.24, 2.45) is 0 Å². The van der Waals surface area contributed by atoms with E-state index < -0.39 is 17.6 Å². The van der Waals surface area contributed by atoms with Crippen LogP contribution in [-0.2, 0) is 6.18 Å². The summed E-state index contributed by atoms with van der Waals surface area (Å²) < 4.78 is 46.1. The Balaban J connectivity index is 3.18. The summed E-state index contributed by atoms with van der Waals surface area (Å²) in [5.41, 5.74) is -0.916. The monoisotopic (exact) mass is 207 g/mol. The van der Waals surface area contributed by atoms with Gasteiger partial charge in [-0.05, 0) is 6.07 Å². The number of alkyl halides is 3. The molecule has 0 aliphatic carbocycles. The van der Waals surface area contributed by atoms with E-state index in [1.54, 1.807) is 0 Å². The number of nitrogens with zero attached hydrogens (tertiary/aromatic N) is 1. The number of methoxy groups -OCH3 is 2.